The van der Waals surface area contributed by atoms with Crippen molar-refractivity contribution in [1.29, 1.82) is 0 Å². The lowest BCUT2D eigenvalue weighted by atomic mass is 10.2. The Morgan fingerprint density at radius 1 is 1.35 bits per heavy atom. The second-order valence-corrected chi connectivity index (χ2v) is 3.76. The van der Waals surface area contributed by atoms with Gasteiger partial charge in [-0.05, 0) is 24.1 Å². The molecule has 3 nitrogen and oxygen atoms in total. The highest BCUT2D eigenvalue weighted by Crippen LogP contribution is 2.26. The molecule has 0 bridgehead atoms. The van der Waals surface area contributed by atoms with E-state index < -0.39 is 0 Å². The average molecular weight is 236 g/mol. The van der Waals surface area contributed by atoms with E-state index in [1.54, 1.807) is 12.1 Å². The minimum absolute atomic E-state index is 0.156. The van der Waals surface area contributed by atoms with Gasteiger partial charge in [0.05, 0.1) is 13.7 Å². The van der Waals surface area contributed by atoms with Gasteiger partial charge in [0.25, 0.3) is 0 Å². The Labute approximate surface area is 103 Å². The third-order valence-electron chi connectivity index (χ3n) is 2.37. The molecule has 1 aromatic rings. The van der Waals surface area contributed by atoms with Crippen LogP contribution in [-0.2, 0) is 4.74 Å². The number of benzene rings is 1. The van der Waals surface area contributed by atoms with Crippen LogP contribution in [0.3, 0.4) is 0 Å². The maximum atomic E-state index is 9.43. The van der Waals surface area contributed by atoms with Crippen molar-refractivity contribution in [2.24, 2.45) is 0 Å². The first-order chi connectivity index (χ1) is 8.27. The lowest BCUT2D eigenvalue weighted by Crippen LogP contribution is -1.93. The Balaban J connectivity index is 2.42. The molecule has 17 heavy (non-hydrogen) atoms. The van der Waals surface area contributed by atoms with Crippen molar-refractivity contribution in [1.82, 2.24) is 0 Å². The zero-order valence-electron chi connectivity index (χ0n) is 10.5. The molecule has 1 aromatic carbocycles. The van der Waals surface area contributed by atoms with Gasteiger partial charge in [0.2, 0.25) is 0 Å². The summed E-state index contributed by atoms with van der Waals surface area (Å²) in [5, 5.41) is 9.43. The highest BCUT2D eigenvalue weighted by atomic mass is 16.5. The highest BCUT2D eigenvalue weighted by Gasteiger charge is 1.99. The molecule has 0 saturated carbocycles. The summed E-state index contributed by atoms with van der Waals surface area (Å²) >= 11 is 0. The van der Waals surface area contributed by atoms with Crippen LogP contribution in [0.15, 0.2) is 24.3 Å². The van der Waals surface area contributed by atoms with Crippen LogP contribution in [0.1, 0.15) is 25.3 Å². The van der Waals surface area contributed by atoms with Gasteiger partial charge in [-0.1, -0.05) is 31.6 Å². The fourth-order valence-corrected chi connectivity index (χ4v) is 1.38. The molecular formula is C14H20O3. The van der Waals surface area contributed by atoms with Gasteiger partial charge < -0.3 is 14.6 Å². The van der Waals surface area contributed by atoms with Gasteiger partial charge >= 0.3 is 0 Å². The van der Waals surface area contributed by atoms with E-state index in [-0.39, 0.29) is 5.75 Å². The number of ether oxygens (including phenoxy) is 2. The topological polar surface area (TPSA) is 38.7 Å². The molecule has 0 spiro atoms. The Morgan fingerprint density at radius 3 is 2.88 bits per heavy atom. The van der Waals surface area contributed by atoms with Crippen LogP contribution in [0.5, 0.6) is 11.5 Å². The molecule has 0 unspecified atom stereocenters. The molecule has 0 aliphatic rings. The van der Waals surface area contributed by atoms with E-state index >= 15 is 0 Å². The van der Waals surface area contributed by atoms with Gasteiger partial charge in [-0.25, -0.2) is 0 Å². The Hall–Kier alpha value is -1.48. The van der Waals surface area contributed by atoms with Crippen LogP contribution in [0.4, 0.5) is 0 Å². The molecule has 1 N–H and O–H groups in total. The number of aromatic hydroxyl groups is 1. The van der Waals surface area contributed by atoms with Gasteiger partial charge in [-0.3, -0.25) is 0 Å². The monoisotopic (exact) mass is 236 g/mol. The number of phenols is 1. The number of methoxy groups -OCH3 is 1. The van der Waals surface area contributed by atoms with Crippen molar-refractivity contribution in [3.8, 4) is 11.5 Å². The van der Waals surface area contributed by atoms with Gasteiger partial charge in [-0.2, -0.15) is 0 Å². The zero-order chi connectivity index (χ0) is 12.5. The molecule has 0 fully saturated rings. The molecule has 0 amide bonds. The summed E-state index contributed by atoms with van der Waals surface area (Å²) in [6.07, 6.45) is 6.16. The summed E-state index contributed by atoms with van der Waals surface area (Å²) in [6, 6.07) is 5.24. The summed E-state index contributed by atoms with van der Waals surface area (Å²) in [5.74, 6) is 0.642. The fourth-order valence-electron chi connectivity index (χ4n) is 1.38. The standard InChI is InChI=1S/C14H20O3/c1-3-4-9-17-10-5-6-12-7-8-13(15)14(11-12)16-2/h5-8,11,15H,3-4,9-10H2,1-2H3/b6-5+. The Bertz CT molecular complexity index is 358. The molecule has 0 atom stereocenters. The summed E-state index contributed by atoms with van der Waals surface area (Å²) in [7, 11) is 1.54. The van der Waals surface area contributed by atoms with E-state index in [4.69, 9.17) is 9.47 Å². The summed E-state index contributed by atoms with van der Waals surface area (Å²) < 4.78 is 10.4. The minimum Gasteiger partial charge on any atom is -0.504 e. The normalized spacial score (nSPS) is 10.9. The molecule has 0 radical (unpaired) electrons. The van der Waals surface area contributed by atoms with Crippen molar-refractivity contribution in [2.75, 3.05) is 20.3 Å². The number of phenolic OH excluding ortho intramolecular Hbond substituents is 1. The third kappa shape index (κ3) is 4.91. The lowest BCUT2D eigenvalue weighted by molar-refractivity contribution is 0.159. The van der Waals surface area contributed by atoms with Crippen LogP contribution >= 0.6 is 0 Å². The largest absolute Gasteiger partial charge is 0.504 e. The van der Waals surface area contributed by atoms with Crippen LogP contribution in [0, 0.1) is 0 Å². The second kappa shape index (κ2) is 7.74. The van der Waals surface area contributed by atoms with Gasteiger partial charge in [0.1, 0.15) is 0 Å². The van der Waals surface area contributed by atoms with E-state index in [2.05, 4.69) is 6.92 Å². The van der Waals surface area contributed by atoms with Crippen molar-refractivity contribution in [3.63, 3.8) is 0 Å². The summed E-state index contributed by atoms with van der Waals surface area (Å²) in [5.41, 5.74) is 0.985. The average Bonchev–Trinajstić information content (AvgIpc) is 2.35. The molecule has 0 aliphatic heterocycles. The summed E-state index contributed by atoms with van der Waals surface area (Å²) in [4.78, 5) is 0. The third-order valence-corrected chi connectivity index (χ3v) is 2.37. The molecule has 1 rings (SSSR count). The first kappa shape index (κ1) is 13.6. The van der Waals surface area contributed by atoms with E-state index in [1.165, 1.54) is 7.11 Å². The Kier molecular flexibility index (Phi) is 6.18. The first-order valence-corrected chi connectivity index (χ1v) is 5.89. The highest BCUT2D eigenvalue weighted by molar-refractivity contribution is 5.55. The van der Waals surface area contributed by atoms with Crippen LogP contribution < -0.4 is 4.74 Å². The van der Waals surface area contributed by atoms with Crippen molar-refractivity contribution < 1.29 is 14.6 Å². The first-order valence-electron chi connectivity index (χ1n) is 5.89. The van der Waals surface area contributed by atoms with Crippen molar-refractivity contribution in [2.45, 2.75) is 19.8 Å². The SMILES string of the molecule is CCCCOC/C=C/c1ccc(O)c(OC)c1. The predicted octanol–water partition coefficient (Wildman–Crippen LogP) is 3.23. The van der Waals surface area contributed by atoms with Crippen LogP contribution in [-0.4, -0.2) is 25.4 Å². The number of unbranched alkanes of at least 4 members (excludes halogenated alkanes) is 1. The maximum Gasteiger partial charge on any atom is 0.161 e. The smallest absolute Gasteiger partial charge is 0.161 e. The second-order valence-electron chi connectivity index (χ2n) is 3.76. The molecular weight excluding hydrogens is 216 g/mol. The molecule has 0 aliphatic carbocycles. The number of hydrogen-bond acceptors (Lipinski definition) is 3. The van der Waals surface area contributed by atoms with Crippen LogP contribution in [0.2, 0.25) is 0 Å². The predicted molar refractivity (Wildman–Crippen MR) is 69.4 cm³/mol. The van der Waals surface area contributed by atoms with Crippen molar-refractivity contribution in [3.05, 3.63) is 29.8 Å². The van der Waals surface area contributed by atoms with Crippen molar-refractivity contribution >= 4 is 6.08 Å². The van der Waals surface area contributed by atoms with Gasteiger partial charge in [-0.15, -0.1) is 0 Å². The summed E-state index contributed by atoms with van der Waals surface area (Å²) in [6.45, 7) is 3.56. The maximum absolute atomic E-state index is 9.43. The number of hydrogen-bond donors (Lipinski definition) is 1. The lowest BCUT2D eigenvalue weighted by Gasteiger charge is -2.03. The Morgan fingerprint density at radius 2 is 2.18 bits per heavy atom. The quantitative estimate of drug-likeness (QED) is 0.739. The molecule has 94 valence electrons. The van der Waals surface area contributed by atoms with Crippen LogP contribution in [0.25, 0.3) is 6.08 Å². The number of rotatable bonds is 7. The molecule has 0 heterocycles. The van der Waals surface area contributed by atoms with E-state index in [1.807, 2.05) is 18.2 Å². The minimum atomic E-state index is 0.156. The zero-order valence-corrected chi connectivity index (χ0v) is 10.5. The van der Waals surface area contributed by atoms with E-state index in [0.29, 0.717) is 12.4 Å². The van der Waals surface area contributed by atoms with Gasteiger partial charge in [0, 0.05) is 6.61 Å². The fraction of sp³-hybridized carbons (Fsp3) is 0.429. The molecule has 0 saturated heterocycles. The molecule has 3 heteroatoms. The van der Waals surface area contributed by atoms with E-state index in [9.17, 15) is 5.11 Å². The van der Waals surface area contributed by atoms with Gasteiger partial charge in [0.15, 0.2) is 11.5 Å². The molecule has 0 aromatic heterocycles. The van der Waals surface area contributed by atoms with E-state index in [0.717, 1.165) is 25.0 Å².